The Labute approximate surface area is 143 Å². The molecule has 0 aromatic carbocycles. The standard InChI is InChI=1S/C18H38O4S/c1-3-5-7-8-9-11-13-17(19)14-12-16-18(23(20,21)22)15-10-6-4-2/h17-19H,3-16H2,1-2H3,(H,20,21,22). The minimum Gasteiger partial charge on any atom is -0.393 e. The van der Waals surface area contributed by atoms with Gasteiger partial charge in [-0.3, -0.25) is 4.55 Å². The molecule has 23 heavy (non-hydrogen) atoms. The number of hydrogen-bond donors (Lipinski definition) is 2. The first-order chi connectivity index (χ1) is 10.9. The van der Waals surface area contributed by atoms with E-state index in [1.54, 1.807) is 0 Å². The first-order valence-corrected chi connectivity index (χ1v) is 11.1. The van der Waals surface area contributed by atoms with E-state index >= 15 is 0 Å². The molecule has 0 heterocycles. The molecule has 0 rings (SSSR count). The minimum absolute atomic E-state index is 0.334. The topological polar surface area (TPSA) is 74.6 Å². The van der Waals surface area contributed by atoms with Crippen molar-refractivity contribution in [3.05, 3.63) is 0 Å². The van der Waals surface area contributed by atoms with Crippen LogP contribution in [0.3, 0.4) is 0 Å². The molecule has 2 unspecified atom stereocenters. The van der Waals surface area contributed by atoms with Crippen LogP contribution in [0, 0.1) is 0 Å². The molecule has 0 aromatic heterocycles. The molecule has 0 saturated carbocycles. The Hall–Kier alpha value is -0.130. The number of unbranched alkanes of at least 4 members (excludes halogenated alkanes) is 7. The van der Waals surface area contributed by atoms with Crippen LogP contribution in [0.5, 0.6) is 0 Å². The second-order valence-corrected chi connectivity index (χ2v) is 8.47. The maximum atomic E-state index is 11.4. The van der Waals surface area contributed by atoms with Crippen molar-refractivity contribution in [3.8, 4) is 0 Å². The quantitative estimate of drug-likeness (QED) is 0.300. The molecule has 0 spiro atoms. The van der Waals surface area contributed by atoms with Gasteiger partial charge in [0.2, 0.25) is 0 Å². The van der Waals surface area contributed by atoms with Crippen molar-refractivity contribution in [2.45, 2.75) is 115 Å². The van der Waals surface area contributed by atoms with E-state index in [9.17, 15) is 18.1 Å². The van der Waals surface area contributed by atoms with Crippen LogP contribution in [0.1, 0.15) is 104 Å². The van der Waals surface area contributed by atoms with Gasteiger partial charge in [0.25, 0.3) is 10.1 Å². The fraction of sp³-hybridized carbons (Fsp3) is 1.00. The smallest absolute Gasteiger partial charge is 0.267 e. The number of hydrogen-bond acceptors (Lipinski definition) is 3. The number of rotatable bonds is 16. The largest absolute Gasteiger partial charge is 0.393 e. The van der Waals surface area contributed by atoms with E-state index < -0.39 is 15.4 Å². The molecule has 0 amide bonds. The van der Waals surface area contributed by atoms with Crippen LogP contribution in [0.2, 0.25) is 0 Å². The first-order valence-electron chi connectivity index (χ1n) is 9.56. The van der Waals surface area contributed by atoms with Gasteiger partial charge < -0.3 is 5.11 Å². The van der Waals surface area contributed by atoms with E-state index in [4.69, 9.17) is 0 Å². The molecule has 0 radical (unpaired) electrons. The van der Waals surface area contributed by atoms with Crippen LogP contribution in [-0.4, -0.2) is 29.4 Å². The molecule has 0 saturated heterocycles. The van der Waals surface area contributed by atoms with Crippen molar-refractivity contribution >= 4 is 10.1 Å². The van der Waals surface area contributed by atoms with Crippen LogP contribution >= 0.6 is 0 Å². The fourth-order valence-corrected chi connectivity index (χ4v) is 3.88. The minimum atomic E-state index is -3.95. The van der Waals surface area contributed by atoms with Gasteiger partial charge >= 0.3 is 0 Å². The van der Waals surface area contributed by atoms with Gasteiger partial charge in [-0.05, 0) is 32.1 Å². The molecule has 5 heteroatoms. The highest BCUT2D eigenvalue weighted by Gasteiger charge is 2.22. The zero-order valence-electron chi connectivity index (χ0n) is 15.2. The van der Waals surface area contributed by atoms with Gasteiger partial charge in [-0.15, -0.1) is 0 Å². The number of aliphatic hydroxyl groups excluding tert-OH is 1. The van der Waals surface area contributed by atoms with Crippen LogP contribution in [0.25, 0.3) is 0 Å². The summed E-state index contributed by atoms with van der Waals surface area (Å²) < 4.78 is 32.1. The molecule has 0 bridgehead atoms. The predicted octanol–water partition coefficient (Wildman–Crippen LogP) is 5.10. The van der Waals surface area contributed by atoms with Gasteiger partial charge in [-0.2, -0.15) is 8.42 Å². The zero-order valence-corrected chi connectivity index (χ0v) is 16.0. The molecule has 2 N–H and O–H groups in total. The predicted molar refractivity (Wildman–Crippen MR) is 97.3 cm³/mol. The molecule has 4 nitrogen and oxygen atoms in total. The Morgan fingerprint density at radius 2 is 1.13 bits per heavy atom. The lowest BCUT2D eigenvalue weighted by Crippen LogP contribution is -2.21. The lowest BCUT2D eigenvalue weighted by Gasteiger charge is -2.15. The van der Waals surface area contributed by atoms with Gasteiger partial charge in [0.15, 0.2) is 0 Å². The van der Waals surface area contributed by atoms with Gasteiger partial charge in [0.1, 0.15) is 0 Å². The highest BCUT2D eigenvalue weighted by molar-refractivity contribution is 7.86. The van der Waals surface area contributed by atoms with Crippen LogP contribution in [0.4, 0.5) is 0 Å². The molecular formula is C18H38O4S. The molecule has 2 atom stereocenters. The summed E-state index contributed by atoms with van der Waals surface area (Å²) in [4.78, 5) is 0. The monoisotopic (exact) mass is 350 g/mol. The van der Waals surface area contributed by atoms with Crippen molar-refractivity contribution < 1.29 is 18.1 Å². The zero-order chi connectivity index (χ0) is 17.6. The van der Waals surface area contributed by atoms with E-state index in [-0.39, 0.29) is 6.10 Å². The van der Waals surface area contributed by atoms with Gasteiger partial charge in [0, 0.05) is 0 Å². The molecule has 140 valence electrons. The third-order valence-electron chi connectivity index (χ3n) is 4.51. The lowest BCUT2D eigenvalue weighted by molar-refractivity contribution is 0.147. The van der Waals surface area contributed by atoms with E-state index in [2.05, 4.69) is 13.8 Å². The Bertz CT molecular complexity index is 354. The summed E-state index contributed by atoms with van der Waals surface area (Å²) in [6.45, 7) is 4.27. The summed E-state index contributed by atoms with van der Waals surface area (Å²) in [5, 5.41) is 9.31. The summed E-state index contributed by atoms with van der Waals surface area (Å²) in [5.74, 6) is 0. The molecule has 0 aliphatic rings. The average Bonchev–Trinajstić information content (AvgIpc) is 2.48. The SMILES string of the molecule is CCCCCCCCC(O)CCCC(CCCCC)S(=O)(=O)O. The Balaban J connectivity index is 3.81. The lowest BCUT2D eigenvalue weighted by atomic mass is 10.0. The first kappa shape index (κ1) is 22.9. The Kier molecular flexibility index (Phi) is 14.2. The van der Waals surface area contributed by atoms with Crippen LogP contribution in [-0.2, 0) is 10.1 Å². The van der Waals surface area contributed by atoms with Crippen molar-refractivity contribution in [2.75, 3.05) is 0 Å². The summed E-state index contributed by atoms with van der Waals surface area (Å²) in [6.07, 6.45) is 12.9. The van der Waals surface area contributed by atoms with Crippen molar-refractivity contribution in [1.82, 2.24) is 0 Å². The van der Waals surface area contributed by atoms with E-state index in [0.717, 1.165) is 32.1 Å². The maximum Gasteiger partial charge on any atom is 0.267 e. The van der Waals surface area contributed by atoms with Crippen LogP contribution in [0.15, 0.2) is 0 Å². The normalized spacial score (nSPS) is 14.8. The second-order valence-electron chi connectivity index (χ2n) is 6.77. The summed E-state index contributed by atoms with van der Waals surface area (Å²) >= 11 is 0. The van der Waals surface area contributed by atoms with E-state index in [1.807, 2.05) is 0 Å². The third kappa shape index (κ3) is 14.0. The van der Waals surface area contributed by atoms with Crippen LogP contribution < -0.4 is 0 Å². The maximum absolute atomic E-state index is 11.4. The molecule has 0 fully saturated rings. The molecule has 0 aliphatic carbocycles. The molecule has 0 aromatic rings. The highest BCUT2D eigenvalue weighted by atomic mass is 32.2. The summed E-state index contributed by atoms with van der Waals surface area (Å²) in [7, 11) is -3.95. The summed E-state index contributed by atoms with van der Waals surface area (Å²) in [6, 6.07) is 0. The fourth-order valence-electron chi connectivity index (χ4n) is 2.95. The summed E-state index contributed by atoms with van der Waals surface area (Å²) in [5.41, 5.74) is 0. The van der Waals surface area contributed by atoms with E-state index in [1.165, 1.54) is 32.1 Å². The van der Waals surface area contributed by atoms with Gasteiger partial charge in [-0.25, -0.2) is 0 Å². The molecular weight excluding hydrogens is 312 g/mol. The third-order valence-corrected chi connectivity index (χ3v) is 5.82. The Morgan fingerprint density at radius 3 is 1.74 bits per heavy atom. The number of aliphatic hydroxyl groups is 1. The average molecular weight is 351 g/mol. The van der Waals surface area contributed by atoms with Crippen molar-refractivity contribution in [2.24, 2.45) is 0 Å². The van der Waals surface area contributed by atoms with Crippen molar-refractivity contribution in [3.63, 3.8) is 0 Å². The van der Waals surface area contributed by atoms with Gasteiger partial charge in [0.05, 0.1) is 11.4 Å². The van der Waals surface area contributed by atoms with E-state index in [0.29, 0.717) is 25.7 Å². The highest BCUT2D eigenvalue weighted by Crippen LogP contribution is 2.19. The van der Waals surface area contributed by atoms with Crippen molar-refractivity contribution in [1.29, 1.82) is 0 Å². The van der Waals surface area contributed by atoms with Gasteiger partial charge in [-0.1, -0.05) is 71.6 Å². The second kappa shape index (κ2) is 14.2. The Morgan fingerprint density at radius 1 is 0.696 bits per heavy atom. The molecule has 0 aliphatic heterocycles.